The number of hydrogen-bond acceptors (Lipinski definition) is 5. The van der Waals surface area contributed by atoms with E-state index in [0.29, 0.717) is 0 Å². The van der Waals surface area contributed by atoms with Crippen molar-refractivity contribution in [3.05, 3.63) is 0 Å². The van der Waals surface area contributed by atoms with Crippen LogP contribution in [0.5, 0.6) is 0 Å². The van der Waals surface area contributed by atoms with E-state index in [1.54, 1.807) is 0 Å². The molecule has 0 aromatic carbocycles. The lowest BCUT2D eigenvalue weighted by molar-refractivity contribution is 0.125. The Morgan fingerprint density at radius 3 is 2.00 bits per heavy atom. The summed E-state index contributed by atoms with van der Waals surface area (Å²) in [5, 5.41) is 13.2. The summed E-state index contributed by atoms with van der Waals surface area (Å²) in [5.41, 5.74) is -0.328. The third-order valence-electron chi connectivity index (χ3n) is 5.08. The van der Waals surface area contributed by atoms with Gasteiger partial charge in [-0.05, 0) is 60.2 Å². The number of likely N-dealkylation sites (tertiary alicyclic amines) is 1. The highest BCUT2D eigenvalue weighted by Crippen LogP contribution is 2.24. The van der Waals surface area contributed by atoms with Gasteiger partial charge in [0.15, 0.2) is 0 Å². The number of nitrogens with zero attached hydrogens (tertiary/aromatic N) is 4. The van der Waals surface area contributed by atoms with Crippen LogP contribution in [-0.2, 0) is 0 Å². The standard InChI is InChI=1S/C18H35N5.H2/c1-17(2,3)20-18(16-19)6-10-22(11-7-18)8-5-9-23-14-12-21(4)13-15-23;/h20H,5-15H2,1-4H3;1H. The smallest absolute Gasteiger partial charge is 0.109 e. The Balaban J connectivity index is 0.00000288. The van der Waals surface area contributed by atoms with Crippen LogP contribution in [0.2, 0.25) is 0 Å². The van der Waals surface area contributed by atoms with Gasteiger partial charge < -0.3 is 14.7 Å². The van der Waals surface area contributed by atoms with Crippen molar-refractivity contribution in [2.24, 2.45) is 0 Å². The summed E-state index contributed by atoms with van der Waals surface area (Å²) in [6, 6.07) is 2.56. The average Bonchev–Trinajstić information content (AvgIpc) is 2.50. The number of rotatable bonds is 5. The summed E-state index contributed by atoms with van der Waals surface area (Å²) in [5.74, 6) is 0. The van der Waals surface area contributed by atoms with Gasteiger partial charge in [-0.15, -0.1) is 0 Å². The summed E-state index contributed by atoms with van der Waals surface area (Å²) < 4.78 is 0. The van der Waals surface area contributed by atoms with Crippen LogP contribution < -0.4 is 5.32 Å². The Bertz CT molecular complexity index is 399. The van der Waals surface area contributed by atoms with Crippen LogP contribution in [0.25, 0.3) is 0 Å². The zero-order chi connectivity index (χ0) is 16.9. The molecule has 0 amide bonds. The van der Waals surface area contributed by atoms with E-state index in [2.05, 4.69) is 53.9 Å². The number of piperidine rings is 1. The van der Waals surface area contributed by atoms with Gasteiger partial charge in [0, 0.05) is 46.2 Å². The monoisotopic (exact) mass is 323 g/mol. The Hall–Kier alpha value is -0.670. The van der Waals surface area contributed by atoms with Gasteiger partial charge >= 0.3 is 0 Å². The SMILES string of the molecule is CN1CCN(CCCN2CCC(C#N)(NC(C)(C)C)CC2)CC1.[HH]. The number of nitriles is 1. The fourth-order valence-electron chi connectivity index (χ4n) is 3.73. The molecule has 0 aromatic heterocycles. The Morgan fingerprint density at radius 2 is 1.52 bits per heavy atom. The van der Waals surface area contributed by atoms with Crippen molar-refractivity contribution >= 4 is 0 Å². The van der Waals surface area contributed by atoms with E-state index in [0.717, 1.165) is 25.9 Å². The zero-order valence-electron chi connectivity index (χ0n) is 15.6. The van der Waals surface area contributed by atoms with Gasteiger partial charge in [0.05, 0.1) is 6.07 Å². The number of piperazine rings is 1. The minimum absolute atomic E-state index is 0. The highest BCUT2D eigenvalue weighted by Gasteiger charge is 2.37. The summed E-state index contributed by atoms with van der Waals surface area (Å²) in [7, 11) is 2.21. The van der Waals surface area contributed by atoms with E-state index in [9.17, 15) is 5.26 Å². The van der Waals surface area contributed by atoms with Crippen LogP contribution in [0.15, 0.2) is 0 Å². The molecule has 2 heterocycles. The lowest BCUT2D eigenvalue weighted by Gasteiger charge is -2.42. The van der Waals surface area contributed by atoms with E-state index in [-0.39, 0.29) is 12.5 Å². The molecule has 0 aliphatic carbocycles. The molecule has 2 saturated heterocycles. The fraction of sp³-hybridized carbons (Fsp3) is 0.944. The molecule has 2 aliphatic heterocycles. The molecule has 2 rings (SSSR count). The first-order valence-corrected chi connectivity index (χ1v) is 9.16. The minimum Gasteiger partial charge on any atom is -0.304 e. The Labute approximate surface area is 144 Å². The maximum atomic E-state index is 9.62. The van der Waals surface area contributed by atoms with Crippen LogP contribution in [0.3, 0.4) is 0 Å². The lowest BCUT2D eigenvalue weighted by atomic mass is 9.86. The van der Waals surface area contributed by atoms with Crippen molar-refractivity contribution in [2.75, 3.05) is 59.4 Å². The van der Waals surface area contributed by atoms with Gasteiger partial charge in [-0.1, -0.05) is 0 Å². The van der Waals surface area contributed by atoms with Crippen molar-refractivity contribution < 1.29 is 1.43 Å². The predicted molar refractivity (Wildman–Crippen MR) is 97.6 cm³/mol. The first kappa shape index (κ1) is 18.7. The second kappa shape index (κ2) is 7.94. The van der Waals surface area contributed by atoms with E-state index in [1.807, 2.05) is 0 Å². The van der Waals surface area contributed by atoms with E-state index in [1.165, 1.54) is 45.7 Å². The first-order valence-electron chi connectivity index (χ1n) is 9.16. The van der Waals surface area contributed by atoms with Crippen molar-refractivity contribution in [3.63, 3.8) is 0 Å². The summed E-state index contributed by atoms with van der Waals surface area (Å²) in [6.45, 7) is 15.7. The molecule has 2 aliphatic rings. The maximum Gasteiger partial charge on any atom is 0.109 e. The Kier molecular flexibility index (Phi) is 6.44. The molecule has 0 atom stereocenters. The first-order chi connectivity index (χ1) is 10.8. The second-order valence-electron chi connectivity index (χ2n) is 8.41. The predicted octanol–water partition coefficient (Wildman–Crippen LogP) is 1.62. The molecule has 5 heteroatoms. The molecular weight excluding hydrogens is 286 g/mol. The Morgan fingerprint density at radius 1 is 1.00 bits per heavy atom. The average molecular weight is 324 g/mol. The van der Waals surface area contributed by atoms with Gasteiger partial charge in [-0.25, -0.2) is 0 Å². The molecule has 134 valence electrons. The van der Waals surface area contributed by atoms with Gasteiger partial charge in [0.1, 0.15) is 5.54 Å². The van der Waals surface area contributed by atoms with E-state index >= 15 is 0 Å². The third-order valence-corrected chi connectivity index (χ3v) is 5.08. The van der Waals surface area contributed by atoms with Crippen LogP contribution >= 0.6 is 0 Å². The van der Waals surface area contributed by atoms with Crippen molar-refractivity contribution in [2.45, 2.75) is 51.1 Å². The van der Waals surface area contributed by atoms with Gasteiger partial charge in [-0.2, -0.15) is 5.26 Å². The van der Waals surface area contributed by atoms with Crippen LogP contribution in [-0.4, -0.2) is 85.2 Å². The molecule has 0 spiro atoms. The third kappa shape index (κ3) is 6.04. The molecule has 1 N–H and O–H groups in total. The number of likely N-dealkylation sites (N-methyl/N-ethyl adjacent to an activating group) is 1. The molecule has 0 aromatic rings. The summed E-state index contributed by atoms with van der Waals surface area (Å²) in [6.07, 6.45) is 3.13. The zero-order valence-corrected chi connectivity index (χ0v) is 15.6. The molecule has 5 nitrogen and oxygen atoms in total. The molecular formula is C18H37N5. The number of hydrogen-bond donors (Lipinski definition) is 1. The van der Waals surface area contributed by atoms with Gasteiger partial charge in [0.2, 0.25) is 0 Å². The molecule has 0 saturated carbocycles. The van der Waals surface area contributed by atoms with Crippen LogP contribution in [0.1, 0.15) is 41.5 Å². The second-order valence-corrected chi connectivity index (χ2v) is 8.41. The largest absolute Gasteiger partial charge is 0.304 e. The van der Waals surface area contributed by atoms with E-state index < -0.39 is 0 Å². The topological polar surface area (TPSA) is 45.5 Å². The highest BCUT2D eigenvalue weighted by molar-refractivity contribution is 5.11. The van der Waals surface area contributed by atoms with Crippen molar-refractivity contribution in [1.29, 1.82) is 5.26 Å². The maximum absolute atomic E-state index is 9.62. The summed E-state index contributed by atoms with van der Waals surface area (Å²) in [4.78, 5) is 7.53. The minimum atomic E-state index is -0.327. The van der Waals surface area contributed by atoms with Crippen molar-refractivity contribution in [3.8, 4) is 6.07 Å². The molecule has 2 fully saturated rings. The quantitative estimate of drug-likeness (QED) is 0.833. The lowest BCUT2D eigenvalue weighted by Crippen LogP contribution is -2.58. The van der Waals surface area contributed by atoms with Crippen molar-refractivity contribution in [1.82, 2.24) is 20.0 Å². The number of nitrogens with one attached hydrogen (secondary N) is 1. The fourth-order valence-corrected chi connectivity index (χ4v) is 3.73. The van der Waals surface area contributed by atoms with Gasteiger partial charge in [0.25, 0.3) is 0 Å². The molecule has 0 bridgehead atoms. The van der Waals surface area contributed by atoms with E-state index in [4.69, 9.17) is 0 Å². The van der Waals surface area contributed by atoms with Gasteiger partial charge in [-0.3, -0.25) is 5.32 Å². The summed E-state index contributed by atoms with van der Waals surface area (Å²) >= 11 is 0. The normalized spacial score (nSPS) is 24.5. The van der Waals surface area contributed by atoms with Crippen LogP contribution in [0.4, 0.5) is 0 Å². The van der Waals surface area contributed by atoms with Crippen LogP contribution in [0, 0.1) is 11.3 Å². The highest BCUT2D eigenvalue weighted by atomic mass is 15.2. The molecule has 23 heavy (non-hydrogen) atoms. The molecule has 0 unspecified atom stereocenters. The molecule has 0 radical (unpaired) electrons.